The molecule has 1 atom stereocenters. The summed E-state index contributed by atoms with van der Waals surface area (Å²) in [5.41, 5.74) is 1.16. The lowest BCUT2D eigenvalue weighted by atomic mass is 10.1. The van der Waals surface area contributed by atoms with Crippen molar-refractivity contribution in [2.24, 2.45) is 5.92 Å². The topological polar surface area (TPSA) is 58.6 Å². The molecule has 0 radical (unpaired) electrons. The third kappa shape index (κ3) is 4.64. The number of amides is 2. The number of hydrogen-bond acceptors (Lipinski definition) is 3. The molecule has 6 heteroatoms. The maximum atomic E-state index is 13.7. The van der Waals surface area contributed by atoms with E-state index in [1.54, 1.807) is 23.1 Å². The SMILES string of the molecule is CC(C)Oc1ccc(N2CC(C(=O)NCc3ccccc3F)CC2=O)cc1. The molecule has 0 bridgehead atoms. The van der Waals surface area contributed by atoms with Gasteiger partial charge in [-0.1, -0.05) is 18.2 Å². The van der Waals surface area contributed by atoms with Gasteiger partial charge in [0.15, 0.2) is 0 Å². The van der Waals surface area contributed by atoms with E-state index in [1.807, 2.05) is 38.1 Å². The molecule has 1 fully saturated rings. The predicted molar refractivity (Wildman–Crippen MR) is 101 cm³/mol. The van der Waals surface area contributed by atoms with Crippen molar-refractivity contribution in [3.63, 3.8) is 0 Å². The molecule has 1 N–H and O–H groups in total. The van der Waals surface area contributed by atoms with Crippen molar-refractivity contribution in [1.82, 2.24) is 5.32 Å². The van der Waals surface area contributed by atoms with Crippen LogP contribution in [0.2, 0.25) is 0 Å². The number of carbonyl (C=O) groups is 2. The molecule has 142 valence electrons. The molecule has 1 aliphatic rings. The van der Waals surface area contributed by atoms with E-state index < -0.39 is 5.92 Å². The van der Waals surface area contributed by atoms with Gasteiger partial charge in [-0.15, -0.1) is 0 Å². The summed E-state index contributed by atoms with van der Waals surface area (Å²) in [5, 5.41) is 2.73. The summed E-state index contributed by atoms with van der Waals surface area (Å²) in [5.74, 6) is -0.409. The van der Waals surface area contributed by atoms with Gasteiger partial charge in [0.1, 0.15) is 11.6 Å². The fourth-order valence-electron chi connectivity index (χ4n) is 3.08. The number of ether oxygens (including phenoxy) is 1. The number of halogens is 1. The summed E-state index contributed by atoms with van der Waals surface area (Å²) in [7, 11) is 0. The summed E-state index contributed by atoms with van der Waals surface area (Å²) in [6, 6.07) is 13.6. The highest BCUT2D eigenvalue weighted by Gasteiger charge is 2.35. The van der Waals surface area contributed by atoms with E-state index in [0.717, 1.165) is 11.4 Å². The van der Waals surface area contributed by atoms with Crippen molar-refractivity contribution < 1.29 is 18.7 Å². The maximum Gasteiger partial charge on any atom is 0.227 e. The minimum atomic E-state index is -0.448. The molecule has 5 nitrogen and oxygen atoms in total. The third-order valence-electron chi connectivity index (χ3n) is 4.43. The van der Waals surface area contributed by atoms with E-state index in [-0.39, 0.29) is 36.7 Å². The average Bonchev–Trinajstić information content (AvgIpc) is 3.03. The fraction of sp³-hybridized carbons (Fsp3) is 0.333. The molecule has 1 saturated heterocycles. The first-order valence-electron chi connectivity index (χ1n) is 9.02. The summed E-state index contributed by atoms with van der Waals surface area (Å²) >= 11 is 0. The van der Waals surface area contributed by atoms with Gasteiger partial charge in [-0.2, -0.15) is 0 Å². The molecule has 0 aliphatic carbocycles. The third-order valence-corrected chi connectivity index (χ3v) is 4.43. The fourth-order valence-corrected chi connectivity index (χ4v) is 3.08. The molecule has 2 aromatic carbocycles. The Balaban J connectivity index is 1.59. The van der Waals surface area contributed by atoms with Gasteiger partial charge in [0, 0.05) is 30.8 Å². The first kappa shape index (κ1) is 18.9. The number of rotatable bonds is 6. The Labute approximate surface area is 158 Å². The molecule has 2 amide bonds. The van der Waals surface area contributed by atoms with Crippen molar-refractivity contribution >= 4 is 17.5 Å². The monoisotopic (exact) mass is 370 g/mol. The zero-order chi connectivity index (χ0) is 19.4. The van der Waals surface area contributed by atoms with Crippen LogP contribution in [0.5, 0.6) is 5.75 Å². The molecular weight excluding hydrogens is 347 g/mol. The number of nitrogens with one attached hydrogen (secondary N) is 1. The van der Waals surface area contributed by atoms with Gasteiger partial charge in [-0.25, -0.2) is 4.39 Å². The van der Waals surface area contributed by atoms with E-state index in [0.29, 0.717) is 12.1 Å². The van der Waals surface area contributed by atoms with Crippen LogP contribution in [0, 0.1) is 11.7 Å². The van der Waals surface area contributed by atoms with Crippen LogP contribution in [-0.4, -0.2) is 24.5 Å². The molecule has 0 aromatic heterocycles. The predicted octanol–water partition coefficient (Wildman–Crippen LogP) is 3.28. The number of carbonyl (C=O) groups excluding carboxylic acids is 2. The number of anilines is 1. The number of nitrogens with zero attached hydrogens (tertiary/aromatic N) is 1. The van der Waals surface area contributed by atoms with Crippen molar-refractivity contribution in [2.45, 2.75) is 32.9 Å². The van der Waals surface area contributed by atoms with Crippen LogP contribution in [0.1, 0.15) is 25.8 Å². The van der Waals surface area contributed by atoms with Gasteiger partial charge in [-0.3, -0.25) is 9.59 Å². The Morgan fingerprint density at radius 3 is 2.59 bits per heavy atom. The van der Waals surface area contributed by atoms with Crippen LogP contribution in [0.4, 0.5) is 10.1 Å². The van der Waals surface area contributed by atoms with Gasteiger partial charge in [-0.05, 0) is 44.2 Å². The molecular formula is C21H23FN2O3. The molecule has 1 unspecified atom stereocenters. The van der Waals surface area contributed by atoms with Crippen molar-refractivity contribution in [3.8, 4) is 5.75 Å². The molecule has 1 heterocycles. The average molecular weight is 370 g/mol. The lowest BCUT2D eigenvalue weighted by molar-refractivity contribution is -0.126. The summed E-state index contributed by atoms with van der Waals surface area (Å²) in [6.45, 7) is 4.31. The zero-order valence-electron chi connectivity index (χ0n) is 15.4. The highest BCUT2D eigenvalue weighted by Crippen LogP contribution is 2.27. The Hall–Kier alpha value is -2.89. The second-order valence-corrected chi connectivity index (χ2v) is 6.88. The van der Waals surface area contributed by atoms with Crippen LogP contribution < -0.4 is 15.0 Å². The minimum Gasteiger partial charge on any atom is -0.491 e. The van der Waals surface area contributed by atoms with Gasteiger partial charge in [0.05, 0.1) is 12.0 Å². The minimum absolute atomic E-state index is 0.0757. The number of hydrogen-bond donors (Lipinski definition) is 1. The summed E-state index contributed by atoms with van der Waals surface area (Å²) in [4.78, 5) is 26.3. The molecule has 3 rings (SSSR count). The normalized spacial score (nSPS) is 16.7. The molecule has 27 heavy (non-hydrogen) atoms. The van der Waals surface area contributed by atoms with E-state index in [4.69, 9.17) is 4.74 Å². The number of benzene rings is 2. The lowest BCUT2D eigenvalue weighted by Crippen LogP contribution is -2.32. The lowest BCUT2D eigenvalue weighted by Gasteiger charge is -2.18. The quantitative estimate of drug-likeness (QED) is 0.849. The molecule has 0 saturated carbocycles. The smallest absolute Gasteiger partial charge is 0.227 e. The highest BCUT2D eigenvalue weighted by atomic mass is 19.1. The van der Waals surface area contributed by atoms with E-state index >= 15 is 0 Å². The standard InChI is InChI=1S/C21H23FN2O3/c1-14(2)27-18-9-7-17(8-10-18)24-13-16(11-20(24)25)21(26)23-12-15-5-3-4-6-19(15)22/h3-10,14,16H,11-13H2,1-2H3,(H,23,26). The van der Waals surface area contributed by atoms with Crippen LogP contribution in [0.25, 0.3) is 0 Å². The van der Waals surface area contributed by atoms with Crippen LogP contribution >= 0.6 is 0 Å². The van der Waals surface area contributed by atoms with Crippen LogP contribution in [0.15, 0.2) is 48.5 Å². The van der Waals surface area contributed by atoms with E-state index in [2.05, 4.69) is 5.32 Å². The van der Waals surface area contributed by atoms with Crippen molar-refractivity contribution in [1.29, 1.82) is 0 Å². The first-order chi connectivity index (χ1) is 12.9. The molecule has 1 aliphatic heterocycles. The Morgan fingerprint density at radius 2 is 1.93 bits per heavy atom. The maximum absolute atomic E-state index is 13.7. The van der Waals surface area contributed by atoms with Crippen LogP contribution in [-0.2, 0) is 16.1 Å². The van der Waals surface area contributed by atoms with Crippen molar-refractivity contribution in [3.05, 3.63) is 59.9 Å². The van der Waals surface area contributed by atoms with Crippen molar-refractivity contribution in [2.75, 3.05) is 11.4 Å². The Kier molecular flexibility index (Phi) is 5.74. The largest absolute Gasteiger partial charge is 0.491 e. The van der Waals surface area contributed by atoms with Gasteiger partial charge in [0.2, 0.25) is 11.8 Å². The summed E-state index contributed by atoms with van der Waals surface area (Å²) in [6.07, 6.45) is 0.222. The van der Waals surface area contributed by atoms with Crippen LogP contribution in [0.3, 0.4) is 0 Å². The second kappa shape index (κ2) is 8.20. The second-order valence-electron chi connectivity index (χ2n) is 6.88. The van der Waals surface area contributed by atoms with E-state index in [1.165, 1.54) is 6.07 Å². The van der Waals surface area contributed by atoms with Gasteiger partial charge < -0.3 is 15.0 Å². The highest BCUT2D eigenvalue weighted by molar-refractivity contribution is 6.00. The van der Waals surface area contributed by atoms with Gasteiger partial charge >= 0.3 is 0 Å². The molecule has 0 spiro atoms. The zero-order valence-corrected chi connectivity index (χ0v) is 15.4. The molecule has 2 aromatic rings. The first-order valence-corrected chi connectivity index (χ1v) is 9.02. The summed E-state index contributed by atoms with van der Waals surface area (Å²) < 4.78 is 19.3. The van der Waals surface area contributed by atoms with Gasteiger partial charge in [0.25, 0.3) is 0 Å². The van der Waals surface area contributed by atoms with E-state index in [9.17, 15) is 14.0 Å². The Bertz CT molecular complexity index is 820. The Morgan fingerprint density at radius 1 is 1.22 bits per heavy atom.